The van der Waals surface area contributed by atoms with Crippen LogP contribution in [0.25, 0.3) is 0 Å². The first-order valence-corrected chi connectivity index (χ1v) is 8.26. The Hall–Kier alpha value is -1.52. The third-order valence-corrected chi connectivity index (χ3v) is 3.73. The molecule has 0 spiro atoms. The van der Waals surface area contributed by atoms with Gasteiger partial charge in [0.25, 0.3) is 0 Å². The van der Waals surface area contributed by atoms with Gasteiger partial charge in [0.2, 0.25) is 0 Å². The Balaban J connectivity index is 2.04. The number of rotatable bonds is 8. The highest BCUT2D eigenvalue weighted by molar-refractivity contribution is 7.07. The van der Waals surface area contributed by atoms with Crippen molar-refractivity contribution >= 4 is 11.3 Å². The van der Waals surface area contributed by atoms with Gasteiger partial charge in [-0.1, -0.05) is 19.9 Å². The van der Waals surface area contributed by atoms with E-state index < -0.39 is 0 Å². The number of ether oxygens (including phenoxy) is 2. The van der Waals surface area contributed by atoms with Crippen LogP contribution in [0.3, 0.4) is 0 Å². The van der Waals surface area contributed by atoms with Gasteiger partial charge in [-0.05, 0) is 47.0 Å². The second-order valence-corrected chi connectivity index (χ2v) is 5.95. The smallest absolute Gasteiger partial charge is 0.161 e. The minimum absolute atomic E-state index is 0.468. The average Bonchev–Trinajstić information content (AvgIpc) is 2.97. The number of hydrogen-bond acceptors (Lipinski definition) is 4. The molecule has 1 aromatic heterocycles. The summed E-state index contributed by atoms with van der Waals surface area (Å²) < 4.78 is 11.6. The van der Waals surface area contributed by atoms with Crippen LogP contribution in [0.2, 0.25) is 0 Å². The maximum absolute atomic E-state index is 5.88. The maximum atomic E-state index is 5.88. The molecule has 21 heavy (non-hydrogen) atoms. The van der Waals surface area contributed by atoms with Crippen LogP contribution in [0.4, 0.5) is 0 Å². The van der Waals surface area contributed by atoms with Crippen molar-refractivity contribution in [1.82, 2.24) is 5.32 Å². The van der Waals surface area contributed by atoms with E-state index in [2.05, 4.69) is 48.1 Å². The highest BCUT2D eigenvalue weighted by Crippen LogP contribution is 2.29. The first-order chi connectivity index (χ1) is 10.2. The summed E-state index contributed by atoms with van der Waals surface area (Å²) >= 11 is 1.68. The van der Waals surface area contributed by atoms with E-state index in [0.29, 0.717) is 19.3 Å². The molecule has 0 saturated carbocycles. The number of thiophene rings is 1. The van der Waals surface area contributed by atoms with Gasteiger partial charge in [0.05, 0.1) is 6.61 Å². The molecule has 0 amide bonds. The molecule has 0 aliphatic carbocycles. The van der Waals surface area contributed by atoms with Crippen molar-refractivity contribution in [2.75, 3.05) is 6.61 Å². The van der Waals surface area contributed by atoms with E-state index in [-0.39, 0.29) is 0 Å². The first-order valence-electron chi connectivity index (χ1n) is 7.32. The fraction of sp³-hybridized carbons (Fsp3) is 0.412. The molecule has 0 atom stereocenters. The van der Waals surface area contributed by atoms with E-state index >= 15 is 0 Å². The predicted octanol–water partition coefficient (Wildman–Crippen LogP) is 4.22. The second kappa shape index (κ2) is 8.05. The second-order valence-electron chi connectivity index (χ2n) is 5.17. The number of benzene rings is 1. The Bertz CT molecular complexity index is 538. The van der Waals surface area contributed by atoms with Gasteiger partial charge in [0.1, 0.15) is 6.61 Å². The van der Waals surface area contributed by atoms with Crippen LogP contribution in [0.5, 0.6) is 11.5 Å². The van der Waals surface area contributed by atoms with E-state index in [1.54, 1.807) is 11.3 Å². The van der Waals surface area contributed by atoms with Crippen LogP contribution in [0.15, 0.2) is 35.0 Å². The van der Waals surface area contributed by atoms with Crippen molar-refractivity contribution in [2.45, 2.75) is 40.0 Å². The van der Waals surface area contributed by atoms with Gasteiger partial charge < -0.3 is 14.8 Å². The van der Waals surface area contributed by atoms with Crippen LogP contribution < -0.4 is 14.8 Å². The molecule has 0 fully saturated rings. The third kappa shape index (κ3) is 5.06. The lowest BCUT2D eigenvalue weighted by Gasteiger charge is -2.14. The molecular formula is C17H23NO2S. The lowest BCUT2D eigenvalue weighted by molar-refractivity contribution is 0.269. The van der Waals surface area contributed by atoms with E-state index in [1.807, 2.05) is 13.0 Å². The minimum atomic E-state index is 0.468. The number of hydrogen-bond donors (Lipinski definition) is 1. The maximum Gasteiger partial charge on any atom is 0.161 e. The molecule has 0 radical (unpaired) electrons. The molecule has 1 heterocycles. The quantitative estimate of drug-likeness (QED) is 0.792. The Kier molecular flexibility index (Phi) is 6.08. The molecule has 0 aliphatic rings. The normalized spacial score (nSPS) is 10.9. The molecule has 2 aromatic rings. The summed E-state index contributed by atoms with van der Waals surface area (Å²) in [4.78, 5) is 0. The van der Waals surface area contributed by atoms with E-state index in [1.165, 1.54) is 11.1 Å². The summed E-state index contributed by atoms with van der Waals surface area (Å²) in [5.41, 5.74) is 2.39. The van der Waals surface area contributed by atoms with Crippen LogP contribution >= 0.6 is 11.3 Å². The zero-order chi connectivity index (χ0) is 15.1. The summed E-state index contributed by atoms with van der Waals surface area (Å²) in [6.45, 7) is 8.32. The topological polar surface area (TPSA) is 30.5 Å². The fourth-order valence-corrected chi connectivity index (χ4v) is 2.56. The Morgan fingerprint density at radius 1 is 1.10 bits per heavy atom. The van der Waals surface area contributed by atoms with Gasteiger partial charge in [0, 0.05) is 12.6 Å². The Morgan fingerprint density at radius 3 is 2.62 bits per heavy atom. The first kappa shape index (κ1) is 15.9. The summed E-state index contributed by atoms with van der Waals surface area (Å²) in [5.74, 6) is 1.62. The van der Waals surface area contributed by atoms with Crippen molar-refractivity contribution in [3.63, 3.8) is 0 Å². The highest BCUT2D eigenvalue weighted by atomic mass is 32.1. The molecule has 0 bridgehead atoms. The van der Waals surface area contributed by atoms with Gasteiger partial charge in [-0.3, -0.25) is 0 Å². The fourth-order valence-electron chi connectivity index (χ4n) is 1.91. The number of nitrogens with one attached hydrogen (secondary N) is 1. The Morgan fingerprint density at radius 2 is 1.95 bits per heavy atom. The van der Waals surface area contributed by atoms with Crippen molar-refractivity contribution in [2.24, 2.45) is 0 Å². The van der Waals surface area contributed by atoms with Crippen molar-refractivity contribution in [1.29, 1.82) is 0 Å². The lowest BCUT2D eigenvalue weighted by Crippen LogP contribution is -2.21. The molecule has 0 saturated heterocycles. The van der Waals surface area contributed by atoms with Crippen LogP contribution in [-0.4, -0.2) is 12.6 Å². The summed E-state index contributed by atoms with van der Waals surface area (Å²) in [5, 5.41) is 7.57. The van der Waals surface area contributed by atoms with Crippen LogP contribution in [-0.2, 0) is 13.2 Å². The zero-order valence-electron chi connectivity index (χ0n) is 12.9. The van der Waals surface area contributed by atoms with Crippen molar-refractivity contribution in [3.05, 3.63) is 46.2 Å². The molecular weight excluding hydrogens is 282 g/mol. The highest BCUT2D eigenvalue weighted by Gasteiger charge is 2.07. The standard InChI is InChI=1S/C17H23NO2S/c1-4-19-17-9-14(10-18-13(2)3)5-6-16(17)20-11-15-7-8-21-12-15/h5-9,12-13,18H,4,10-11H2,1-3H3. The monoisotopic (exact) mass is 305 g/mol. The predicted molar refractivity (Wildman–Crippen MR) is 88.2 cm³/mol. The molecule has 2 rings (SSSR count). The summed E-state index contributed by atoms with van der Waals surface area (Å²) in [6, 6.07) is 8.68. The van der Waals surface area contributed by atoms with Gasteiger partial charge in [-0.2, -0.15) is 11.3 Å². The lowest BCUT2D eigenvalue weighted by atomic mass is 10.2. The molecule has 0 unspecified atom stereocenters. The summed E-state index contributed by atoms with van der Waals surface area (Å²) in [6.07, 6.45) is 0. The van der Waals surface area contributed by atoms with Gasteiger partial charge in [-0.15, -0.1) is 0 Å². The molecule has 1 N–H and O–H groups in total. The van der Waals surface area contributed by atoms with E-state index in [0.717, 1.165) is 18.0 Å². The van der Waals surface area contributed by atoms with Gasteiger partial charge in [-0.25, -0.2) is 0 Å². The largest absolute Gasteiger partial charge is 0.490 e. The van der Waals surface area contributed by atoms with Gasteiger partial charge in [0.15, 0.2) is 11.5 Å². The van der Waals surface area contributed by atoms with E-state index in [4.69, 9.17) is 9.47 Å². The van der Waals surface area contributed by atoms with Crippen LogP contribution in [0.1, 0.15) is 31.9 Å². The zero-order valence-corrected chi connectivity index (χ0v) is 13.7. The summed E-state index contributed by atoms with van der Waals surface area (Å²) in [7, 11) is 0. The van der Waals surface area contributed by atoms with Crippen molar-refractivity contribution < 1.29 is 9.47 Å². The average molecular weight is 305 g/mol. The molecule has 114 valence electrons. The van der Waals surface area contributed by atoms with Crippen molar-refractivity contribution in [3.8, 4) is 11.5 Å². The van der Waals surface area contributed by atoms with Gasteiger partial charge >= 0.3 is 0 Å². The molecule has 4 heteroatoms. The Labute approximate surface area is 130 Å². The SMILES string of the molecule is CCOc1cc(CNC(C)C)ccc1OCc1ccsc1. The molecule has 0 aliphatic heterocycles. The molecule has 3 nitrogen and oxygen atoms in total. The minimum Gasteiger partial charge on any atom is -0.490 e. The third-order valence-electron chi connectivity index (χ3n) is 3.00. The van der Waals surface area contributed by atoms with E-state index in [9.17, 15) is 0 Å². The van der Waals surface area contributed by atoms with Crippen LogP contribution in [0, 0.1) is 0 Å². The molecule has 1 aromatic carbocycles.